The summed E-state index contributed by atoms with van der Waals surface area (Å²) in [6.07, 6.45) is 5.25. The molecule has 0 radical (unpaired) electrons. The highest BCUT2D eigenvalue weighted by Crippen LogP contribution is 2.22. The highest BCUT2D eigenvalue weighted by Gasteiger charge is 2.12. The third kappa shape index (κ3) is 4.20. The minimum Gasteiger partial charge on any atom is -0.489 e. The van der Waals surface area contributed by atoms with Gasteiger partial charge in [-0.05, 0) is 54.6 Å². The topological polar surface area (TPSA) is 81.4 Å². The van der Waals surface area contributed by atoms with Gasteiger partial charge >= 0.3 is 5.97 Å². The molecular weight excluding hydrogens is 404 g/mol. The van der Waals surface area contributed by atoms with Crippen LogP contribution in [0.1, 0.15) is 21.7 Å². The van der Waals surface area contributed by atoms with Crippen LogP contribution < -0.4 is 10.3 Å². The van der Waals surface area contributed by atoms with Crippen LogP contribution in [0.2, 0.25) is 0 Å². The van der Waals surface area contributed by atoms with Crippen LogP contribution >= 0.6 is 0 Å². The number of ether oxygens (including phenoxy) is 1. The van der Waals surface area contributed by atoms with Gasteiger partial charge in [-0.15, -0.1) is 0 Å². The zero-order valence-corrected chi connectivity index (χ0v) is 17.1. The van der Waals surface area contributed by atoms with Crippen LogP contribution in [0.25, 0.3) is 28.7 Å². The number of hydrogen-bond donors (Lipinski definition) is 1. The third-order valence-corrected chi connectivity index (χ3v) is 4.86. The summed E-state index contributed by atoms with van der Waals surface area (Å²) in [6, 6.07) is 20.8. The van der Waals surface area contributed by atoms with E-state index >= 15 is 0 Å². The maximum Gasteiger partial charge on any atom is 0.335 e. The molecule has 0 unspecified atom stereocenters. The average Bonchev–Trinajstić information content (AvgIpc) is 2.82. The standard InChI is InChI=1S/C26H20N2O4/c1-2-17-32-23-10-6-3-7-18(23)13-16-24-27-22-9-5-4-8-21(22)25(29)28(24)20-14-11-19(12-15-20)26(30)31/h2-16H,1,17H2,(H,30,31)/b16-13+. The van der Waals surface area contributed by atoms with Gasteiger partial charge in [-0.3, -0.25) is 9.36 Å². The van der Waals surface area contributed by atoms with Gasteiger partial charge in [0, 0.05) is 5.56 Å². The number of benzene rings is 3. The van der Waals surface area contributed by atoms with Crippen LogP contribution in [0.4, 0.5) is 0 Å². The summed E-state index contributed by atoms with van der Waals surface area (Å²) in [7, 11) is 0. The molecule has 1 heterocycles. The second kappa shape index (κ2) is 9.14. The average molecular weight is 424 g/mol. The molecule has 0 aliphatic heterocycles. The van der Waals surface area contributed by atoms with Crippen molar-refractivity contribution in [2.45, 2.75) is 0 Å². The lowest BCUT2D eigenvalue weighted by molar-refractivity contribution is 0.0697. The zero-order chi connectivity index (χ0) is 22.5. The molecule has 1 aromatic heterocycles. The molecule has 0 saturated carbocycles. The van der Waals surface area contributed by atoms with Gasteiger partial charge in [0.25, 0.3) is 5.56 Å². The predicted octanol–water partition coefficient (Wildman–Crippen LogP) is 4.82. The largest absolute Gasteiger partial charge is 0.489 e. The van der Waals surface area contributed by atoms with E-state index in [4.69, 9.17) is 4.74 Å². The molecule has 4 aromatic rings. The Morgan fingerprint density at radius 3 is 2.47 bits per heavy atom. The van der Waals surface area contributed by atoms with Gasteiger partial charge in [0.2, 0.25) is 0 Å². The smallest absolute Gasteiger partial charge is 0.335 e. The highest BCUT2D eigenvalue weighted by atomic mass is 16.5. The fourth-order valence-electron chi connectivity index (χ4n) is 3.33. The van der Waals surface area contributed by atoms with Crippen molar-refractivity contribution in [3.05, 3.63) is 113 Å². The summed E-state index contributed by atoms with van der Waals surface area (Å²) in [5.41, 5.74) is 1.82. The van der Waals surface area contributed by atoms with Crippen molar-refractivity contribution in [1.82, 2.24) is 9.55 Å². The van der Waals surface area contributed by atoms with E-state index in [1.54, 1.807) is 42.5 Å². The Balaban J connectivity index is 1.86. The lowest BCUT2D eigenvalue weighted by Crippen LogP contribution is -2.22. The lowest BCUT2D eigenvalue weighted by atomic mass is 10.1. The summed E-state index contributed by atoms with van der Waals surface area (Å²) in [4.78, 5) is 29.2. The predicted molar refractivity (Wildman–Crippen MR) is 125 cm³/mol. The van der Waals surface area contributed by atoms with E-state index in [2.05, 4.69) is 11.6 Å². The van der Waals surface area contributed by atoms with Crippen molar-refractivity contribution in [2.24, 2.45) is 0 Å². The molecule has 0 saturated heterocycles. The molecule has 158 valence electrons. The Bertz CT molecular complexity index is 1390. The van der Waals surface area contributed by atoms with Gasteiger partial charge in [0.15, 0.2) is 0 Å². The van der Waals surface area contributed by atoms with Crippen molar-refractivity contribution in [2.75, 3.05) is 6.61 Å². The van der Waals surface area contributed by atoms with Crippen molar-refractivity contribution in [1.29, 1.82) is 0 Å². The molecule has 0 amide bonds. The Hall–Kier alpha value is -4.45. The second-order valence-electron chi connectivity index (χ2n) is 6.95. The Morgan fingerprint density at radius 2 is 1.72 bits per heavy atom. The fourth-order valence-corrected chi connectivity index (χ4v) is 3.33. The summed E-state index contributed by atoms with van der Waals surface area (Å²) in [6.45, 7) is 4.05. The van der Waals surface area contributed by atoms with Crippen LogP contribution in [0.15, 0.2) is 90.2 Å². The van der Waals surface area contributed by atoms with Crippen LogP contribution in [0, 0.1) is 0 Å². The van der Waals surface area contributed by atoms with Crippen molar-refractivity contribution < 1.29 is 14.6 Å². The highest BCUT2D eigenvalue weighted by molar-refractivity contribution is 5.88. The molecule has 3 aromatic carbocycles. The molecule has 0 spiro atoms. The van der Waals surface area contributed by atoms with E-state index in [9.17, 15) is 14.7 Å². The molecule has 4 rings (SSSR count). The number of nitrogens with zero attached hydrogens (tertiary/aromatic N) is 2. The summed E-state index contributed by atoms with van der Waals surface area (Å²) >= 11 is 0. The molecule has 1 N–H and O–H groups in total. The summed E-state index contributed by atoms with van der Waals surface area (Å²) in [5.74, 6) is 0.0660. The molecule has 0 fully saturated rings. The van der Waals surface area contributed by atoms with Crippen LogP contribution in [0.5, 0.6) is 5.75 Å². The van der Waals surface area contributed by atoms with Gasteiger partial charge in [0.1, 0.15) is 18.2 Å². The first-order chi connectivity index (χ1) is 15.6. The number of carboxylic acid groups (broad SMARTS) is 1. The third-order valence-electron chi connectivity index (χ3n) is 4.86. The maximum absolute atomic E-state index is 13.3. The van der Waals surface area contributed by atoms with Crippen LogP contribution in [0.3, 0.4) is 0 Å². The van der Waals surface area contributed by atoms with Crippen molar-refractivity contribution >= 4 is 29.0 Å². The molecular formula is C26H20N2O4. The summed E-state index contributed by atoms with van der Waals surface area (Å²) < 4.78 is 7.18. The Labute approximate surface area is 184 Å². The number of rotatable bonds is 7. The second-order valence-corrected chi connectivity index (χ2v) is 6.95. The van der Waals surface area contributed by atoms with Crippen molar-refractivity contribution in [3.63, 3.8) is 0 Å². The Kier molecular flexibility index (Phi) is 5.94. The number of carboxylic acids is 1. The van der Waals surface area contributed by atoms with Gasteiger partial charge in [0.05, 0.1) is 22.2 Å². The fraction of sp³-hybridized carbons (Fsp3) is 0.0385. The lowest BCUT2D eigenvalue weighted by Gasteiger charge is -2.12. The van der Waals surface area contributed by atoms with E-state index in [1.165, 1.54) is 16.7 Å². The van der Waals surface area contributed by atoms with E-state index in [0.29, 0.717) is 34.8 Å². The number of aromatic carboxylic acids is 1. The molecule has 0 aliphatic carbocycles. The van der Waals surface area contributed by atoms with Gasteiger partial charge in [-0.2, -0.15) is 0 Å². The first kappa shape index (κ1) is 20.8. The van der Waals surface area contributed by atoms with E-state index < -0.39 is 5.97 Å². The Morgan fingerprint density at radius 1 is 1.00 bits per heavy atom. The van der Waals surface area contributed by atoms with Crippen LogP contribution in [-0.2, 0) is 0 Å². The quantitative estimate of drug-likeness (QED) is 0.430. The number of hydrogen-bond acceptors (Lipinski definition) is 4. The number of aromatic nitrogens is 2. The zero-order valence-electron chi connectivity index (χ0n) is 17.1. The molecule has 6 heteroatoms. The first-order valence-corrected chi connectivity index (χ1v) is 9.95. The normalized spacial score (nSPS) is 11.0. The summed E-state index contributed by atoms with van der Waals surface area (Å²) in [5, 5.41) is 9.66. The number of fused-ring (bicyclic) bond motifs is 1. The number of carbonyl (C=O) groups is 1. The van der Waals surface area contributed by atoms with E-state index in [1.807, 2.05) is 36.4 Å². The first-order valence-electron chi connectivity index (χ1n) is 9.95. The molecule has 0 bridgehead atoms. The van der Waals surface area contributed by atoms with Crippen molar-refractivity contribution in [3.8, 4) is 11.4 Å². The van der Waals surface area contributed by atoms with Gasteiger partial charge < -0.3 is 9.84 Å². The molecule has 0 aliphatic rings. The van der Waals surface area contributed by atoms with Crippen LogP contribution in [-0.4, -0.2) is 27.2 Å². The monoisotopic (exact) mass is 424 g/mol. The maximum atomic E-state index is 13.3. The minimum absolute atomic E-state index is 0.140. The number of para-hydroxylation sites is 2. The van der Waals surface area contributed by atoms with E-state index in [-0.39, 0.29) is 11.1 Å². The van der Waals surface area contributed by atoms with E-state index in [0.717, 1.165) is 5.56 Å². The van der Waals surface area contributed by atoms with Gasteiger partial charge in [-0.1, -0.05) is 43.0 Å². The minimum atomic E-state index is -1.03. The van der Waals surface area contributed by atoms with Gasteiger partial charge in [-0.25, -0.2) is 9.78 Å². The molecule has 0 atom stereocenters. The molecule has 32 heavy (non-hydrogen) atoms. The SMILES string of the molecule is C=CCOc1ccccc1/C=C/c1nc2ccccc2c(=O)n1-c1ccc(C(=O)O)cc1. The molecule has 6 nitrogen and oxygen atoms in total.